The molecular formula is C14H18F2N2O. The minimum Gasteiger partial charge on any atom is -0.354 e. The van der Waals surface area contributed by atoms with Gasteiger partial charge in [-0.25, -0.2) is 8.78 Å². The standard InChI is InChI=1S/C14H18F2N2O/c1-10(19)17-12-4-6-18(7-5-12)9-11-2-3-13(15)14(16)8-11/h2-3,8,12H,4-7,9H2,1H3,(H,17,19). The predicted octanol–water partition coefficient (Wildman–Crippen LogP) is 2.07. The third-order valence-corrected chi connectivity index (χ3v) is 3.39. The predicted molar refractivity (Wildman–Crippen MR) is 68.5 cm³/mol. The molecule has 1 aromatic rings. The van der Waals surface area contributed by atoms with E-state index in [1.54, 1.807) is 6.07 Å². The lowest BCUT2D eigenvalue weighted by Crippen LogP contribution is -2.43. The van der Waals surface area contributed by atoms with Crippen molar-refractivity contribution in [3.63, 3.8) is 0 Å². The zero-order valence-electron chi connectivity index (χ0n) is 11.0. The van der Waals surface area contributed by atoms with Crippen LogP contribution in [0.25, 0.3) is 0 Å². The highest BCUT2D eigenvalue weighted by atomic mass is 19.2. The van der Waals surface area contributed by atoms with E-state index in [1.807, 2.05) is 0 Å². The van der Waals surface area contributed by atoms with E-state index >= 15 is 0 Å². The van der Waals surface area contributed by atoms with Crippen LogP contribution in [0.15, 0.2) is 18.2 Å². The Kier molecular flexibility index (Phi) is 4.47. The Balaban J connectivity index is 1.85. The molecule has 104 valence electrons. The summed E-state index contributed by atoms with van der Waals surface area (Å²) in [5.74, 6) is -1.61. The highest BCUT2D eigenvalue weighted by molar-refractivity contribution is 5.73. The second-order valence-corrected chi connectivity index (χ2v) is 5.00. The van der Waals surface area contributed by atoms with Gasteiger partial charge in [-0.05, 0) is 30.5 Å². The van der Waals surface area contributed by atoms with Gasteiger partial charge in [0.1, 0.15) is 0 Å². The van der Waals surface area contributed by atoms with Crippen LogP contribution in [-0.2, 0) is 11.3 Å². The minimum absolute atomic E-state index is 0.000874. The Labute approximate surface area is 111 Å². The summed E-state index contributed by atoms with van der Waals surface area (Å²) in [4.78, 5) is 13.1. The third kappa shape index (κ3) is 3.99. The van der Waals surface area contributed by atoms with Crippen molar-refractivity contribution < 1.29 is 13.6 Å². The lowest BCUT2D eigenvalue weighted by molar-refractivity contribution is -0.119. The SMILES string of the molecule is CC(=O)NC1CCN(Cc2ccc(F)c(F)c2)CC1. The van der Waals surface area contributed by atoms with Gasteiger partial charge in [-0.3, -0.25) is 9.69 Å². The van der Waals surface area contributed by atoms with E-state index in [1.165, 1.54) is 13.0 Å². The summed E-state index contributed by atoms with van der Waals surface area (Å²) in [6.45, 7) is 3.84. The molecule has 19 heavy (non-hydrogen) atoms. The van der Waals surface area contributed by atoms with Crippen molar-refractivity contribution in [3.8, 4) is 0 Å². The molecule has 0 spiro atoms. The zero-order chi connectivity index (χ0) is 13.8. The maximum Gasteiger partial charge on any atom is 0.217 e. The van der Waals surface area contributed by atoms with Crippen LogP contribution < -0.4 is 5.32 Å². The molecular weight excluding hydrogens is 250 g/mol. The molecule has 1 saturated heterocycles. The number of likely N-dealkylation sites (tertiary alicyclic amines) is 1. The van der Waals surface area contributed by atoms with Crippen molar-refractivity contribution in [2.75, 3.05) is 13.1 Å². The van der Waals surface area contributed by atoms with Gasteiger partial charge < -0.3 is 5.32 Å². The number of hydrogen-bond donors (Lipinski definition) is 1. The molecule has 0 saturated carbocycles. The maximum atomic E-state index is 13.1. The Morgan fingerprint density at radius 1 is 1.32 bits per heavy atom. The van der Waals surface area contributed by atoms with Crippen LogP contribution in [0.4, 0.5) is 8.78 Å². The maximum absolute atomic E-state index is 13.1. The van der Waals surface area contributed by atoms with Crippen molar-refractivity contribution in [2.45, 2.75) is 32.4 Å². The smallest absolute Gasteiger partial charge is 0.217 e. The van der Waals surface area contributed by atoms with E-state index in [9.17, 15) is 13.6 Å². The number of hydrogen-bond acceptors (Lipinski definition) is 2. The summed E-state index contributed by atoms with van der Waals surface area (Å²) in [7, 11) is 0. The summed E-state index contributed by atoms with van der Waals surface area (Å²) >= 11 is 0. The van der Waals surface area contributed by atoms with E-state index in [0.717, 1.165) is 37.6 Å². The van der Waals surface area contributed by atoms with Gasteiger partial charge >= 0.3 is 0 Å². The Morgan fingerprint density at radius 3 is 2.58 bits per heavy atom. The highest BCUT2D eigenvalue weighted by Crippen LogP contribution is 2.15. The average molecular weight is 268 g/mol. The molecule has 1 N–H and O–H groups in total. The molecule has 3 nitrogen and oxygen atoms in total. The molecule has 2 rings (SSSR count). The van der Waals surface area contributed by atoms with Gasteiger partial charge in [0.05, 0.1) is 0 Å². The van der Waals surface area contributed by atoms with Crippen molar-refractivity contribution >= 4 is 5.91 Å². The molecule has 0 radical (unpaired) electrons. The second kappa shape index (κ2) is 6.10. The Morgan fingerprint density at radius 2 is 2.00 bits per heavy atom. The molecule has 1 fully saturated rings. The van der Waals surface area contributed by atoms with Gasteiger partial charge in [0, 0.05) is 32.6 Å². The molecule has 0 atom stereocenters. The first kappa shape index (κ1) is 13.9. The number of carbonyl (C=O) groups excluding carboxylic acids is 1. The molecule has 0 aliphatic carbocycles. The average Bonchev–Trinajstić information content (AvgIpc) is 2.36. The summed E-state index contributed by atoms with van der Waals surface area (Å²) in [5, 5.41) is 2.91. The molecule has 5 heteroatoms. The van der Waals surface area contributed by atoms with Crippen LogP contribution >= 0.6 is 0 Å². The number of halogens is 2. The van der Waals surface area contributed by atoms with Gasteiger partial charge in [-0.1, -0.05) is 6.07 Å². The lowest BCUT2D eigenvalue weighted by atomic mass is 10.0. The highest BCUT2D eigenvalue weighted by Gasteiger charge is 2.19. The molecule has 1 amide bonds. The summed E-state index contributed by atoms with van der Waals surface area (Å²) in [6, 6.07) is 4.25. The van der Waals surface area contributed by atoms with Crippen LogP contribution in [0.2, 0.25) is 0 Å². The number of nitrogens with zero attached hydrogens (tertiary/aromatic N) is 1. The van der Waals surface area contributed by atoms with Crippen molar-refractivity contribution in [3.05, 3.63) is 35.4 Å². The van der Waals surface area contributed by atoms with Crippen molar-refractivity contribution in [1.82, 2.24) is 10.2 Å². The third-order valence-electron chi connectivity index (χ3n) is 3.39. The first-order valence-electron chi connectivity index (χ1n) is 6.48. The van der Waals surface area contributed by atoms with E-state index in [2.05, 4.69) is 10.2 Å². The topological polar surface area (TPSA) is 32.3 Å². The first-order valence-corrected chi connectivity index (χ1v) is 6.48. The molecule has 1 heterocycles. The second-order valence-electron chi connectivity index (χ2n) is 5.00. The van der Waals surface area contributed by atoms with Gasteiger partial charge in [0.15, 0.2) is 11.6 Å². The fourth-order valence-electron chi connectivity index (χ4n) is 2.42. The largest absolute Gasteiger partial charge is 0.354 e. The van der Waals surface area contributed by atoms with Gasteiger partial charge in [-0.2, -0.15) is 0 Å². The molecule has 0 unspecified atom stereocenters. The first-order chi connectivity index (χ1) is 9.04. The monoisotopic (exact) mass is 268 g/mol. The van der Waals surface area contributed by atoms with E-state index in [-0.39, 0.29) is 11.9 Å². The number of amides is 1. The molecule has 0 aromatic heterocycles. The number of carbonyl (C=O) groups is 1. The van der Waals surface area contributed by atoms with Crippen LogP contribution in [0, 0.1) is 11.6 Å². The summed E-state index contributed by atoms with van der Waals surface area (Å²) < 4.78 is 25.9. The summed E-state index contributed by atoms with van der Waals surface area (Å²) in [6.07, 6.45) is 1.78. The number of rotatable bonds is 3. The van der Waals surface area contributed by atoms with Gasteiger partial charge in [0.2, 0.25) is 5.91 Å². The lowest BCUT2D eigenvalue weighted by Gasteiger charge is -2.32. The van der Waals surface area contributed by atoms with Crippen molar-refractivity contribution in [1.29, 1.82) is 0 Å². The zero-order valence-corrected chi connectivity index (χ0v) is 11.0. The number of benzene rings is 1. The summed E-state index contributed by atoms with van der Waals surface area (Å²) in [5.41, 5.74) is 0.775. The Hall–Kier alpha value is -1.49. The fourth-order valence-corrected chi connectivity index (χ4v) is 2.42. The van der Waals surface area contributed by atoms with Crippen LogP contribution in [0.1, 0.15) is 25.3 Å². The quantitative estimate of drug-likeness (QED) is 0.910. The van der Waals surface area contributed by atoms with E-state index in [4.69, 9.17) is 0 Å². The van der Waals surface area contributed by atoms with Gasteiger partial charge in [0.25, 0.3) is 0 Å². The van der Waals surface area contributed by atoms with Crippen LogP contribution in [0.5, 0.6) is 0 Å². The van der Waals surface area contributed by atoms with E-state index in [0.29, 0.717) is 6.54 Å². The fraction of sp³-hybridized carbons (Fsp3) is 0.500. The minimum atomic E-state index is -0.812. The van der Waals surface area contributed by atoms with Crippen LogP contribution in [0.3, 0.4) is 0 Å². The van der Waals surface area contributed by atoms with Crippen molar-refractivity contribution in [2.24, 2.45) is 0 Å². The Bertz CT molecular complexity index is 457. The van der Waals surface area contributed by atoms with E-state index < -0.39 is 11.6 Å². The molecule has 1 aliphatic heterocycles. The molecule has 1 aromatic carbocycles. The molecule has 0 bridgehead atoms. The van der Waals surface area contributed by atoms with Crippen LogP contribution in [-0.4, -0.2) is 29.9 Å². The number of piperidine rings is 1. The molecule has 1 aliphatic rings. The normalized spacial score (nSPS) is 17.4. The van der Waals surface area contributed by atoms with Gasteiger partial charge in [-0.15, -0.1) is 0 Å². The number of nitrogens with one attached hydrogen (secondary N) is 1.